The van der Waals surface area contributed by atoms with E-state index in [1.54, 1.807) is 12.3 Å². The van der Waals surface area contributed by atoms with Crippen LogP contribution in [0.1, 0.15) is 32.1 Å². The number of pyridine rings is 1. The SMILES string of the molecule is CNC(=O)CC1(O)CCCC(Nc2nc(-c3c[nH]c4ncc(Cl)cc34)ncc2F)C1. The summed E-state index contributed by atoms with van der Waals surface area (Å²) in [5, 5.41) is 17.6. The van der Waals surface area contributed by atoms with Crippen LogP contribution < -0.4 is 10.6 Å². The summed E-state index contributed by atoms with van der Waals surface area (Å²) in [6.07, 6.45) is 6.67. The van der Waals surface area contributed by atoms with E-state index in [1.165, 1.54) is 13.2 Å². The van der Waals surface area contributed by atoms with Crippen LogP contribution >= 0.6 is 11.6 Å². The number of H-pyrrole nitrogens is 1. The van der Waals surface area contributed by atoms with Gasteiger partial charge in [0.2, 0.25) is 5.91 Å². The Hall–Kier alpha value is -2.78. The van der Waals surface area contributed by atoms with Crippen LogP contribution in [0, 0.1) is 5.82 Å². The van der Waals surface area contributed by atoms with Gasteiger partial charge in [0.15, 0.2) is 17.5 Å². The molecule has 30 heavy (non-hydrogen) atoms. The molecular weight excluding hydrogens is 411 g/mol. The molecule has 0 spiro atoms. The standard InChI is InChI=1S/C20H22ClFN6O2/c1-23-16(29)7-20(30)4-2-3-12(6-20)27-19-15(22)10-26-18(28-19)14-9-25-17-13(14)5-11(21)8-24-17/h5,8-10,12,30H,2-4,6-7H2,1H3,(H,23,29)(H,24,25)(H,26,27,28). The number of hydrogen-bond acceptors (Lipinski definition) is 6. The fourth-order valence-corrected chi connectivity index (χ4v) is 4.12. The molecule has 2 unspecified atom stereocenters. The van der Waals surface area contributed by atoms with Gasteiger partial charge >= 0.3 is 0 Å². The summed E-state index contributed by atoms with van der Waals surface area (Å²) in [4.78, 5) is 27.4. The lowest BCUT2D eigenvalue weighted by molar-refractivity contribution is -0.127. The van der Waals surface area contributed by atoms with Crippen molar-refractivity contribution in [2.75, 3.05) is 12.4 Å². The van der Waals surface area contributed by atoms with Crippen LogP contribution in [-0.2, 0) is 4.79 Å². The van der Waals surface area contributed by atoms with Crippen molar-refractivity contribution in [2.24, 2.45) is 0 Å². The summed E-state index contributed by atoms with van der Waals surface area (Å²) in [6, 6.07) is 1.53. The molecule has 0 radical (unpaired) electrons. The normalized spacial score (nSPS) is 21.5. The van der Waals surface area contributed by atoms with Crippen molar-refractivity contribution in [3.8, 4) is 11.4 Å². The number of nitrogens with zero attached hydrogens (tertiary/aromatic N) is 3. The van der Waals surface area contributed by atoms with Crippen LogP contribution in [0.15, 0.2) is 24.7 Å². The zero-order chi connectivity index (χ0) is 21.3. The highest BCUT2D eigenvalue weighted by molar-refractivity contribution is 6.31. The lowest BCUT2D eigenvalue weighted by Crippen LogP contribution is -2.43. The molecule has 8 nitrogen and oxygen atoms in total. The van der Waals surface area contributed by atoms with E-state index in [9.17, 15) is 14.3 Å². The second kappa shape index (κ2) is 8.16. The number of amides is 1. The van der Waals surface area contributed by atoms with Gasteiger partial charge in [-0.2, -0.15) is 0 Å². The van der Waals surface area contributed by atoms with E-state index >= 15 is 0 Å². The van der Waals surface area contributed by atoms with Crippen LogP contribution in [0.25, 0.3) is 22.4 Å². The zero-order valence-corrected chi connectivity index (χ0v) is 17.1. The highest BCUT2D eigenvalue weighted by atomic mass is 35.5. The van der Waals surface area contributed by atoms with Crippen LogP contribution in [0.2, 0.25) is 5.02 Å². The van der Waals surface area contributed by atoms with Gasteiger partial charge in [0.25, 0.3) is 0 Å². The van der Waals surface area contributed by atoms with E-state index in [4.69, 9.17) is 11.6 Å². The Bertz CT molecular complexity index is 1090. The van der Waals surface area contributed by atoms with Crippen LogP contribution in [0.5, 0.6) is 0 Å². The first-order valence-corrected chi connectivity index (χ1v) is 10.1. The maximum Gasteiger partial charge on any atom is 0.222 e. The third kappa shape index (κ3) is 4.22. The Labute approximate surface area is 177 Å². The number of carbonyl (C=O) groups excluding carboxylic acids is 1. The molecule has 3 aromatic rings. The average molecular weight is 433 g/mol. The predicted octanol–water partition coefficient (Wildman–Crippen LogP) is 3.03. The van der Waals surface area contributed by atoms with Crippen molar-refractivity contribution in [1.82, 2.24) is 25.3 Å². The van der Waals surface area contributed by atoms with Crippen molar-refractivity contribution >= 4 is 34.4 Å². The number of nitrogens with one attached hydrogen (secondary N) is 3. The Kier molecular flexibility index (Phi) is 5.57. The Balaban J connectivity index is 1.58. The fourth-order valence-electron chi connectivity index (χ4n) is 3.97. The Morgan fingerprint density at radius 1 is 1.43 bits per heavy atom. The van der Waals surface area contributed by atoms with Gasteiger partial charge in [0, 0.05) is 36.4 Å². The number of rotatable bonds is 5. The number of anilines is 1. The lowest BCUT2D eigenvalue weighted by atomic mass is 9.79. The van der Waals surface area contributed by atoms with E-state index < -0.39 is 11.4 Å². The Morgan fingerprint density at radius 2 is 2.27 bits per heavy atom. The minimum Gasteiger partial charge on any atom is -0.389 e. The molecule has 1 aliphatic carbocycles. The van der Waals surface area contributed by atoms with E-state index in [1.807, 2.05) is 0 Å². The van der Waals surface area contributed by atoms with Crippen molar-refractivity contribution in [2.45, 2.75) is 43.7 Å². The van der Waals surface area contributed by atoms with Crippen LogP contribution in [-0.4, -0.2) is 49.6 Å². The van der Waals surface area contributed by atoms with Gasteiger partial charge in [-0.15, -0.1) is 0 Å². The number of hydrogen-bond donors (Lipinski definition) is 4. The average Bonchev–Trinajstić information content (AvgIpc) is 3.12. The molecule has 1 aliphatic rings. The van der Waals surface area contributed by atoms with Gasteiger partial charge in [-0.05, 0) is 31.7 Å². The molecule has 0 aromatic carbocycles. The monoisotopic (exact) mass is 432 g/mol. The van der Waals surface area contributed by atoms with E-state index in [0.717, 1.165) is 24.4 Å². The second-order valence-electron chi connectivity index (χ2n) is 7.65. The largest absolute Gasteiger partial charge is 0.389 e. The Morgan fingerprint density at radius 3 is 3.07 bits per heavy atom. The maximum atomic E-state index is 14.4. The van der Waals surface area contributed by atoms with Crippen molar-refractivity contribution < 1.29 is 14.3 Å². The highest BCUT2D eigenvalue weighted by Gasteiger charge is 2.36. The van der Waals surface area contributed by atoms with Gasteiger partial charge < -0.3 is 20.7 Å². The first-order chi connectivity index (χ1) is 14.4. The molecule has 10 heteroatoms. The van der Waals surface area contributed by atoms with Crippen molar-refractivity contribution in [1.29, 1.82) is 0 Å². The summed E-state index contributed by atoms with van der Waals surface area (Å²) >= 11 is 6.05. The number of halogens is 2. The quantitative estimate of drug-likeness (QED) is 0.492. The lowest BCUT2D eigenvalue weighted by Gasteiger charge is -2.36. The van der Waals surface area contributed by atoms with E-state index in [2.05, 4.69) is 30.6 Å². The zero-order valence-electron chi connectivity index (χ0n) is 16.4. The van der Waals surface area contributed by atoms with Gasteiger partial charge in [0.05, 0.1) is 23.2 Å². The maximum absolute atomic E-state index is 14.4. The highest BCUT2D eigenvalue weighted by Crippen LogP contribution is 2.33. The molecule has 1 amide bonds. The van der Waals surface area contributed by atoms with Crippen molar-refractivity contribution in [3.63, 3.8) is 0 Å². The summed E-state index contributed by atoms with van der Waals surface area (Å²) in [6.45, 7) is 0. The molecule has 2 atom stereocenters. The third-order valence-electron chi connectivity index (χ3n) is 5.41. The molecule has 158 valence electrons. The van der Waals surface area contributed by atoms with E-state index in [0.29, 0.717) is 34.9 Å². The van der Waals surface area contributed by atoms with Gasteiger partial charge in [0.1, 0.15) is 5.65 Å². The van der Waals surface area contributed by atoms with Gasteiger partial charge in [-0.3, -0.25) is 4.79 Å². The van der Waals surface area contributed by atoms with Crippen molar-refractivity contribution in [3.05, 3.63) is 35.5 Å². The molecule has 4 rings (SSSR count). The van der Waals surface area contributed by atoms with Gasteiger partial charge in [-0.1, -0.05) is 11.6 Å². The minimum atomic E-state index is -1.12. The molecule has 0 bridgehead atoms. The molecule has 0 saturated heterocycles. The predicted molar refractivity (Wildman–Crippen MR) is 112 cm³/mol. The smallest absolute Gasteiger partial charge is 0.222 e. The number of fused-ring (bicyclic) bond motifs is 1. The number of aliphatic hydroxyl groups is 1. The number of aromatic amines is 1. The summed E-state index contributed by atoms with van der Waals surface area (Å²) in [5.41, 5.74) is 0.160. The molecule has 3 heterocycles. The molecule has 4 N–H and O–H groups in total. The fraction of sp³-hybridized carbons (Fsp3) is 0.400. The first-order valence-electron chi connectivity index (χ1n) is 9.72. The summed E-state index contributed by atoms with van der Waals surface area (Å²) in [5.74, 6) is -0.431. The number of aromatic nitrogens is 4. The summed E-state index contributed by atoms with van der Waals surface area (Å²) < 4.78 is 14.4. The van der Waals surface area contributed by atoms with Crippen LogP contribution in [0.4, 0.5) is 10.2 Å². The van der Waals surface area contributed by atoms with E-state index in [-0.39, 0.29) is 24.2 Å². The molecule has 0 aliphatic heterocycles. The molecular formula is C20H22ClFN6O2. The summed E-state index contributed by atoms with van der Waals surface area (Å²) in [7, 11) is 1.54. The first kappa shape index (κ1) is 20.5. The van der Waals surface area contributed by atoms with Crippen LogP contribution in [0.3, 0.4) is 0 Å². The second-order valence-corrected chi connectivity index (χ2v) is 8.09. The van der Waals surface area contributed by atoms with Gasteiger partial charge in [-0.25, -0.2) is 19.3 Å². The molecule has 1 fully saturated rings. The minimum absolute atomic E-state index is 0.0162. The third-order valence-corrected chi connectivity index (χ3v) is 5.62. The topological polar surface area (TPSA) is 116 Å². The molecule has 1 saturated carbocycles. The number of carbonyl (C=O) groups is 1. The molecule has 3 aromatic heterocycles.